The molecule has 1 aliphatic carbocycles. The van der Waals surface area contributed by atoms with Gasteiger partial charge in [0.2, 0.25) is 5.91 Å². The Hall–Kier alpha value is -1.46. The van der Waals surface area contributed by atoms with Crippen molar-refractivity contribution < 1.29 is 14.3 Å². The quantitative estimate of drug-likeness (QED) is 0.831. The van der Waals surface area contributed by atoms with E-state index < -0.39 is 0 Å². The predicted octanol–water partition coefficient (Wildman–Crippen LogP) is 3.36. The summed E-state index contributed by atoms with van der Waals surface area (Å²) in [6.45, 7) is 4.98. The first kappa shape index (κ1) is 19.6. The van der Waals surface area contributed by atoms with Gasteiger partial charge in [-0.25, -0.2) is 0 Å². The zero-order chi connectivity index (χ0) is 15.9. The highest BCUT2D eigenvalue weighted by Crippen LogP contribution is 2.31. The minimum absolute atomic E-state index is 0. The molecule has 5 nitrogen and oxygen atoms in total. The summed E-state index contributed by atoms with van der Waals surface area (Å²) >= 11 is 0. The average Bonchev–Trinajstić information content (AvgIpc) is 2.50. The van der Waals surface area contributed by atoms with Gasteiger partial charge in [-0.05, 0) is 45.2 Å². The maximum absolute atomic E-state index is 12.5. The minimum Gasteiger partial charge on any atom is -0.494 e. The molecule has 23 heavy (non-hydrogen) atoms. The summed E-state index contributed by atoms with van der Waals surface area (Å²) < 4.78 is 11.1. The lowest BCUT2D eigenvalue weighted by Gasteiger charge is -2.26. The molecule has 0 aromatic heterocycles. The van der Waals surface area contributed by atoms with Gasteiger partial charge in [0.25, 0.3) is 0 Å². The number of nitrogens with two attached hydrogens (primary N) is 1. The zero-order valence-corrected chi connectivity index (χ0v) is 14.7. The van der Waals surface area contributed by atoms with Crippen molar-refractivity contribution in [2.24, 2.45) is 11.7 Å². The summed E-state index contributed by atoms with van der Waals surface area (Å²) in [4.78, 5) is 12.5. The topological polar surface area (TPSA) is 73.6 Å². The normalized spacial score (nSPS) is 20.3. The molecular weight excluding hydrogens is 316 g/mol. The van der Waals surface area contributed by atoms with Crippen molar-refractivity contribution in [2.45, 2.75) is 45.6 Å². The highest BCUT2D eigenvalue weighted by molar-refractivity contribution is 5.94. The molecule has 0 saturated heterocycles. The van der Waals surface area contributed by atoms with E-state index in [1.165, 1.54) is 0 Å². The number of anilines is 1. The first-order valence-electron chi connectivity index (χ1n) is 8.10. The first-order chi connectivity index (χ1) is 10.6. The number of benzene rings is 1. The maximum Gasteiger partial charge on any atom is 0.227 e. The van der Waals surface area contributed by atoms with Gasteiger partial charge in [-0.2, -0.15) is 0 Å². The van der Waals surface area contributed by atoms with Gasteiger partial charge in [-0.1, -0.05) is 6.42 Å². The Labute approximate surface area is 144 Å². The van der Waals surface area contributed by atoms with Crippen molar-refractivity contribution in [1.29, 1.82) is 0 Å². The summed E-state index contributed by atoms with van der Waals surface area (Å²) in [6, 6.07) is 5.62. The predicted molar refractivity (Wildman–Crippen MR) is 94.6 cm³/mol. The van der Waals surface area contributed by atoms with Crippen molar-refractivity contribution in [2.75, 3.05) is 18.5 Å². The lowest BCUT2D eigenvalue weighted by atomic mass is 9.85. The maximum atomic E-state index is 12.5. The number of carbonyl (C=O) groups is 1. The van der Waals surface area contributed by atoms with Gasteiger partial charge in [0.05, 0.1) is 18.9 Å². The summed E-state index contributed by atoms with van der Waals surface area (Å²) in [5, 5.41) is 2.98. The van der Waals surface area contributed by atoms with Gasteiger partial charge < -0.3 is 20.5 Å². The molecule has 0 radical (unpaired) electrons. The lowest BCUT2D eigenvalue weighted by Crippen LogP contribution is -2.34. The van der Waals surface area contributed by atoms with Crippen LogP contribution in [0.4, 0.5) is 5.69 Å². The molecule has 1 aliphatic rings. The van der Waals surface area contributed by atoms with Gasteiger partial charge >= 0.3 is 0 Å². The van der Waals surface area contributed by atoms with E-state index in [9.17, 15) is 4.79 Å². The van der Waals surface area contributed by atoms with Crippen LogP contribution < -0.4 is 20.5 Å². The standard InChI is InChI=1S/C17H26N2O3.ClH/c1-3-21-14-8-9-16(22-4-2)15(11-14)19-17(20)12-6-5-7-13(18)10-12;/h8-9,11-13H,3-7,10,18H2,1-2H3,(H,19,20);1H. The van der Waals surface area contributed by atoms with Crippen LogP contribution in [-0.2, 0) is 4.79 Å². The number of nitrogens with one attached hydrogen (secondary N) is 1. The van der Waals surface area contributed by atoms with Crippen LogP contribution in [0.1, 0.15) is 39.5 Å². The molecule has 2 unspecified atom stereocenters. The van der Waals surface area contributed by atoms with E-state index in [0.717, 1.165) is 31.4 Å². The van der Waals surface area contributed by atoms with Gasteiger partial charge in [0.15, 0.2) is 0 Å². The molecule has 0 heterocycles. The number of carbonyl (C=O) groups excluding carboxylic acids is 1. The van der Waals surface area contributed by atoms with E-state index in [1.54, 1.807) is 0 Å². The number of amides is 1. The Bertz CT molecular complexity index is 511. The first-order valence-corrected chi connectivity index (χ1v) is 8.10. The summed E-state index contributed by atoms with van der Waals surface area (Å²) in [6.07, 6.45) is 3.67. The van der Waals surface area contributed by atoms with Crippen LogP contribution >= 0.6 is 12.4 Å². The molecule has 2 rings (SSSR count). The van der Waals surface area contributed by atoms with E-state index in [0.29, 0.717) is 24.7 Å². The monoisotopic (exact) mass is 342 g/mol. The van der Waals surface area contributed by atoms with Crippen molar-refractivity contribution in [3.8, 4) is 11.5 Å². The van der Waals surface area contributed by atoms with Crippen molar-refractivity contribution in [3.63, 3.8) is 0 Å². The van der Waals surface area contributed by atoms with Crippen LogP contribution in [0.3, 0.4) is 0 Å². The zero-order valence-electron chi connectivity index (χ0n) is 13.8. The molecular formula is C17H27ClN2O3. The number of hydrogen-bond acceptors (Lipinski definition) is 4. The average molecular weight is 343 g/mol. The second kappa shape index (κ2) is 9.63. The van der Waals surface area contributed by atoms with Gasteiger partial charge in [0, 0.05) is 18.0 Å². The fourth-order valence-corrected chi connectivity index (χ4v) is 2.85. The van der Waals surface area contributed by atoms with Crippen LogP contribution in [0.15, 0.2) is 18.2 Å². The largest absolute Gasteiger partial charge is 0.494 e. The Balaban J connectivity index is 0.00000264. The van der Waals surface area contributed by atoms with Crippen LogP contribution in [0.5, 0.6) is 11.5 Å². The van der Waals surface area contributed by atoms with E-state index >= 15 is 0 Å². The molecule has 6 heteroatoms. The highest BCUT2D eigenvalue weighted by atomic mass is 35.5. The van der Waals surface area contributed by atoms with Crippen molar-refractivity contribution >= 4 is 24.0 Å². The summed E-state index contributed by atoms with van der Waals surface area (Å²) in [5.74, 6) is 1.39. The Kier molecular flexibility index (Phi) is 8.20. The van der Waals surface area contributed by atoms with Crippen molar-refractivity contribution in [1.82, 2.24) is 0 Å². The third-order valence-electron chi connectivity index (χ3n) is 3.91. The van der Waals surface area contributed by atoms with Gasteiger partial charge in [-0.15, -0.1) is 12.4 Å². The molecule has 1 fully saturated rings. The molecule has 1 saturated carbocycles. The lowest BCUT2D eigenvalue weighted by molar-refractivity contribution is -0.120. The van der Waals surface area contributed by atoms with E-state index in [-0.39, 0.29) is 30.3 Å². The molecule has 1 aromatic rings. The number of halogens is 1. The second-order valence-electron chi connectivity index (χ2n) is 5.64. The molecule has 1 aromatic carbocycles. The van der Waals surface area contributed by atoms with Crippen LogP contribution in [0.2, 0.25) is 0 Å². The minimum atomic E-state index is -0.0195. The smallest absolute Gasteiger partial charge is 0.227 e. The molecule has 1 amide bonds. The van der Waals surface area contributed by atoms with E-state index in [4.69, 9.17) is 15.2 Å². The number of ether oxygens (including phenoxy) is 2. The third kappa shape index (κ3) is 5.59. The van der Waals surface area contributed by atoms with Crippen LogP contribution in [-0.4, -0.2) is 25.2 Å². The summed E-state index contributed by atoms with van der Waals surface area (Å²) in [5.41, 5.74) is 6.64. The van der Waals surface area contributed by atoms with E-state index in [1.807, 2.05) is 32.0 Å². The Morgan fingerprint density at radius 3 is 2.65 bits per heavy atom. The molecule has 2 atom stereocenters. The number of hydrogen-bond donors (Lipinski definition) is 2. The third-order valence-corrected chi connectivity index (χ3v) is 3.91. The fourth-order valence-electron chi connectivity index (χ4n) is 2.85. The molecule has 0 bridgehead atoms. The molecule has 3 N–H and O–H groups in total. The van der Waals surface area contributed by atoms with Crippen LogP contribution in [0.25, 0.3) is 0 Å². The van der Waals surface area contributed by atoms with Crippen molar-refractivity contribution in [3.05, 3.63) is 18.2 Å². The van der Waals surface area contributed by atoms with Gasteiger partial charge in [0.1, 0.15) is 11.5 Å². The fraction of sp³-hybridized carbons (Fsp3) is 0.588. The number of rotatable bonds is 6. The highest BCUT2D eigenvalue weighted by Gasteiger charge is 2.26. The van der Waals surface area contributed by atoms with Gasteiger partial charge in [-0.3, -0.25) is 4.79 Å². The Morgan fingerprint density at radius 1 is 1.26 bits per heavy atom. The molecule has 130 valence electrons. The SMILES string of the molecule is CCOc1ccc(OCC)c(NC(=O)C2CCCC(N)C2)c1.Cl. The molecule has 0 spiro atoms. The van der Waals surface area contributed by atoms with Crippen LogP contribution in [0, 0.1) is 5.92 Å². The second-order valence-corrected chi connectivity index (χ2v) is 5.64. The molecule has 0 aliphatic heterocycles. The Morgan fingerprint density at radius 2 is 2.00 bits per heavy atom. The van der Waals surface area contributed by atoms with E-state index in [2.05, 4.69) is 5.32 Å². The summed E-state index contributed by atoms with van der Waals surface area (Å²) in [7, 11) is 0.